The van der Waals surface area contributed by atoms with Gasteiger partial charge in [0.1, 0.15) is 5.75 Å². The monoisotopic (exact) mass is 403 g/mol. The minimum absolute atomic E-state index is 0.168. The van der Waals surface area contributed by atoms with E-state index in [4.69, 9.17) is 9.47 Å². The van der Waals surface area contributed by atoms with Gasteiger partial charge in [-0.05, 0) is 30.5 Å². The lowest BCUT2D eigenvalue weighted by Crippen LogP contribution is -2.47. The second-order valence-electron chi connectivity index (χ2n) is 7.38. The Morgan fingerprint density at radius 2 is 1.86 bits per heavy atom. The second-order valence-corrected chi connectivity index (χ2v) is 7.38. The van der Waals surface area contributed by atoms with Crippen LogP contribution in [0.2, 0.25) is 0 Å². The molecular formula is C21H33N5O3. The van der Waals surface area contributed by atoms with Crippen molar-refractivity contribution in [3.05, 3.63) is 29.8 Å². The molecular weight excluding hydrogens is 370 g/mol. The fourth-order valence-electron chi connectivity index (χ4n) is 3.44. The van der Waals surface area contributed by atoms with Crippen LogP contribution in [-0.2, 0) is 9.53 Å². The number of guanidine groups is 1. The zero-order valence-corrected chi connectivity index (χ0v) is 17.4. The molecule has 1 aromatic rings. The Hall–Kier alpha value is -2.32. The van der Waals surface area contributed by atoms with Crippen molar-refractivity contribution in [3.63, 3.8) is 0 Å². The molecule has 2 aliphatic rings. The van der Waals surface area contributed by atoms with Gasteiger partial charge in [-0.2, -0.15) is 0 Å². The standard InChI is InChI=1S/C21H33N5O3/c1-22-21(24-10-9-23-20(27)17-3-4-17)25-15-19(26-11-13-29-14-12-26)16-5-7-18(28-2)8-6-16/h5-8,17,19H,3-4,9-15H2,1-2H3,(H,23,27)(H2,22,24,25). The molecule has 1 atom stereocenters. The molecule has 2 fully saturated rings. The SMILES string of the molecule is CN=C(NCCNC(=O)C1CC1)NCC(c1ccc(OC)cc1)N1CCOCC1. The van der Waals surface area contributed by atoms with Gasteiger partial charge in [-0.15, -0.1) is 0 Å². The third-order valence-corrected chi connectivity index (χ3v) is 5.34. The number of carbonyl (C=O) groups is 1. The lowest BCUT2D eigenvalue weighted by molar-refractivity contribution is -0.122. The van der Waals surface area contributed by atoms with Crippen LogP contribution in [0.25, 0.3) is 0 Å². The van der Waals surface area contributed by atoms with E-state index in [-0.39, 0.29) is 17.9 Å². The Bertz CT molecular complexity index is 669. The van der Waals surface area contributed by atoms with Crippen LogP contribution in [0.1, 0.15) is 24.4 Å². The molecule has 0 bridgehead atoms. The minimum atomic E-state index is 0.168. The number of nitrogens with zero attached hydrogens (tertiary/aromatic N) is 2. The van der Waals surface area contributed by atoms with Gasteiger partial charge in [0.05, 0.1) is 26.4 Å². The number of ether oxygens (including phenoxy) is 2. The van der Waals surface area contributed by atoms with Crippen molar-refractivity contribution in [2.24, 2.45) is 10.9 Å². The molecule has 1 saturated carbocycles. The highest BCUT2D eigenvalue weighted by atomic mass is 16.5. The van der Waals surface area contributed by atoms with Crippen LogP contribution < -0.4 is 20.7 Å². The van der Waals surface area contributed by atoms with Crippen molar-refractivity contribution < 1.29 is 14.3 Å². The minimum Gasteiger partial charge on any atom is -0.497 e. The first-order valence-electron chi connectivity index (χ1n) is 10.4. The number of methoxy groups -OCH3 is 1. The van der Waals surface area contributed by atoms with Crippen LogP contribution in [0.3, 0.4) is 0 Å². The van der Waals surface area contributed by atoms with Gasteiger partial charge in [0.15, 0.2) is 5.96 Å². The van der Waals surface area contributed by atoms with E-state index >= 15 is 0 Å². The number of carbonyl (C=O) groups excluding carboxylic acids is 1. The van der Waals surface area contributed by atoms with E-state index in [1.807, 2.05) is 12.1 Å². The van der Waals surface area contributed by atoms with Crippen molar-refractivity contribution >= 4 is 11.9 Å². The molecule has 0 radical (unpaired) electrons. The summed E-state index contributed by atoms with van der Waals surface area (Å²) in [5.74, 6) is 2.00. The van der Waals surface area contributed by atoms with Gasteiger partial charge < -0.3 is 25.4 Å². The van der Waals surface area contributed by atoms with E-state index in [1.165, 1.54) is 5.56 Å². The average Bonchev–Trinajstić information content (AvgIpc) is 3.62. The number of nitrogens with one attached hydrogen (secondary N) is 3. The summed E-state index contributed by atoms with van der Waals surface area (Å²) in [4.78, 5) is 18.4. The van der Waals surface area contributed by atoms with Crippen molar-refractivity contribution in [2.75, 3.05) is 60.1 Å². The lowest BCUT2D eigenvalue weighted by Gasteiger charge is -2.35. The van der Waals surface area contributed by atoms with Crippen LogP contribution in [0.15, 0.2) is 29.3 Å². The molecule has 1 aliphatic carbocycles. The molecule has 1 saturated heterocycles. The van der Waals surface area contributed by atoms with Gasteiger partial charge in [-0.25, -0.2) is 0 Å². The largest absolute Gasteiger partial charge is 0.497 e. The van der Waals surface area contributed by atoms with E-state index in [0.717, 1.165) is 57.4 Å². The lowest BCUT2D eigenvalue weighted by atomic mass is 10.0. The smallest absolute Gasteiger partial charge is 0.223 e. The van der Waals surface area contributed by atoms with Crippen LogP contribution in [0.5, 0.6) is 5.75 Å². The number of rotatable bonds is 9. The number of benzene rings is 1. The molecule has 1 aromatic carbocycles. The highest BCUT2D eigenvalue weighted by Gasteiger charge is 2.29. The molecule has 8 heteroatoms. The number of hydrogen-bond donors (Lipinski definition) is 3. The van der Waals surface area contributed by atoms with Gasteiger partial charge in [0.25, 0.3) is 0 Å². The molecule has 0 spiro atoms. The topological polar surface area (TPSA) is 87.2 Å². The van der Waals surface area contributed by atoms with E-state index in [1.54, 1.807) is 14.2 Å². The summed E-state index contributed by atoms with van der Waals surface area (Å²) in [5, 5.41) is 9.66. The van der Waals surface area contributed by atoms with Crippen molar-refractivity contribution in [3.8, 4) is 5.75 Å². The van der Waals surface area contributed by atoms with Gasteiger partial charge in [-0.1, -0.05) is 12.1 Å². The normalized spacial score (nSPS) is 18.8. The van der Waals surface area contributed by atoms with Gasteiger partial charge in [0, 0.05) is 45.7 Å². The van der Waals surface area contributed by atoms with Crippen LogP contribution in [0.4, 0.5) is 0 Å². The summed E-state index contributed by atoms with van der Waals surface area (Å²) in [7, 11) is 3.44. The van der Waals surface area contributed by atoms with E-state index in [2.05, 4.69) is 38.0 Å². The Morgan fingerprint density at radius 3 is 2.48 bits per heavy atom. The molecule has 160 valence electrons. The highest BCUT2D eigenvalue weighted by molar-refractivity contribution is 5.81. The van der Waals surface area contributed by atoms with Crippen molar-refractivity contribution in [1.29, 1.82) is 0 Å². The highest BCUT2D eigenvalue weighted by Crippen LogP contribution is 2.28. The molecule has 1 heterocycles. The maximum Gasteiger partial charge on any atom is 0.223 e. The fourth-order valence-corrected chi connectivity index (χ4v) is 3.44. The van der Waals surface area contributed by atoms with Crippen LogP contribution in [0, 0.1) is 5.92 Å². The molecule has 29 heavy (non-hydrogen) atoms. The Labute approximate surface area is 173 Å². The second kappa shape index (κ2) is 11.0. The predicted molar refractivity (Wildman–Crippen MR) is 113 cm³/mol. The number of morpholine rings is 1. The predicted octanol–water partition coefficient (Wildman–Crippen LogP) is 0.760. The van der Waals surface area contributed by atoms with Gasteiger partial charge in [0.2, 0.25) is 5.91 Å². The summed E-state index contributed by atoms with van der Waals surface area (Å²) < 4.78 is 10.8. The molecule has 1 unspecified atom stereocenters. The zero-order valence-electron chi connectivity index (χ0n) is 17.4. The molecule has 1 aliphatic heterocycles. The Kier molecular flexibility index (Phi) is 8.13. The summed E-state index contributed by atoms with van der Waals surface area (Å²) in [6.07, 6.45) is 2.05. The first-order chi connectivity index (χ1) is 14.2. The molecule has 1 amide bonds. The molecule has 0 aromatic heterocycles. The average molecular weight is 404 g/mol. The van der Waals surface area contributed by atoms with E-state index in [9.17, 15) is 4.79 Å². The number of aliphatic imine (C=N–C) groups is 1. The van der Waals surface area contributed by atoms with Gasteiger partial charge >= 0.3 is 0 Å². The maximum absolute atomic E-state index is 11.7. The zero-order chi connectivity index (χ0) is 20.5. The summed E-state index contributed by atoms with van der Waals surface area (Å²) in [6.45, 7) is 5.26. The van der Waals surface area contributed by atoms with Crippen molar-refractivity contribution in [1.82, 2.24) is 20.9 Å². The quantitative estimate of drug-likeness (QED) is 0.321. The Balaban J connectivity index is 1.52. The summed E-state index contributed by atoms with van der Waals surface area (Å²) >= 11 is 0. The first kappa shape index (κ1) is 21.4. The summed E-state index contributed by atoms with van der Waals surface area (Å²) in [6, 6.07) is 8.43. The van der Waals surface area contributed by atoms with Crippen LogP contribution >= 0.6 is 0 Å². The number of amides is 1. The first-order valence-corrected chi connectivity index (χ1v) is 10.4. The number of hydrogen-bond acceptors (Lipinski definition) is 5. The third kappa shape index (κ3) is 6.61. The third-order valence-electron chi connectivity index (χ3n) is 5.34. The summed E-state index contributed by atoms with van der Waals surface area (Å²) in [5.41, 5.74) is 1.23. The van der Waals surface area contributed by atoms with E-state index in [0.29, 0.717) is 13.1 Å². The molecule has 3 N–H and O–H groups in total. The fraction of sp³-hybridized carbons (Fsp3) is 0.619. The maximum atomic E-state index is 11.7. The molecule has 3 rings (SSSR count). The Morgan fingerprint density at radius 1 is 1.17 bits per heavy atom. The van der Waals surface area contributed by atoms with Crippen molar-refractivity contribution in [2.45, 2.75) is 18.9 Å². The van der Waals surface area contributed by atoms with Gasteiger partial charge in [-0.3, -0.25) is 14.7 Å². The van der Waals surface area contributed by atoms with E-state index < -0.39 is 0 Å². The van der Waals surface area contributed by atoms with Crippen LogP contribution in [-0.4, -0.2) is 76.9 Å². The molecule has 8 nitrogen and oxygen atoms in total.